The van der Waals surface area contributed by atoms with E-state index in [1.54, 1.807) is 22.7 Å². The number of benzene rings is 1. The van der Waals surface area contributed by atoms with Gasteiger partial charge in [0, 0.05) is 17.9 Å². The van der Waals surface area contributed by atoms with E-state index in [1.165, 1.54) is 15.1 Å². The van der Waals surface area contributed by atoms with Crippen LogP contribution in [0, 0.1) is 5.92 Å². The van der Waals surface area contributed by atoms with Crippen molar-refractivity contribution >= 4 is 43.8 Å². The van der Waals surface area contributed by atoms with Crippen LogP contribution < -0.4 is 10.6 Å². The Morgan fingerprint density at radius 3 is 2.64 bits per heavy atom. The average Bonchev–Trinajstić information content (AvgIpc) is 3.27. The van der Waals surface area contributed by atoms with Gasteiger partial charge in [-0.2, -0.15) is 0 Å². The largest absolute Gasteiger partial charge is 0.333 e. The molecular formula is C22H26N3OS2+. The first-order chi connectivity index (χ1) is 13.2. The Bertz CT molecular complexity index is 1060. The zero-order valence-corrected chi connectivity index (χ0v) is 18.4. The number of carbonyl (C=O) groups is 1. The zero-order chi connectivity index (χ0) is 19.7. The number of nitrogens with two attached hydrogens (primary N) is 1. The molecule has 146 valence electrons. The summed E-state index contributed by atoms with van der Waals surface area (Å²) in [5.74, 6) is 0.361. The molecule has 3 heterocycles. The normalized spacial score (nSPS) is 20.1. The first-order valence-corrected chi connectivity index (χ1v) is 11.6. The molecular weight excluding hydrogens is 386 g/mol. The van der Waals surface area contributed by atoms with Crippen molar-refractivity contribution in [3.8, 4) is 10.6 Å². The molecule has 1 aliphatic heterocycles. The molecule has 4 nitrogen and oxygen atoms in total. The van der Waals surface area contributed by atoms with Crippen LogP contribution in [-0.2, 0) is 16.8 Å². The van der Waals surface area contributed by atoms with Gasteiger partial charge >= 0.3 is 0 Å². The van der Waals surface area contributed by atoms with E-state index in [-0.39, 0.29) is 22.9 Å². The molecule has 28 heavy (non-hydrogen) atoms. The molecule has 1 aliphatic carbocycles. The third kappa shape index (κ3) is 3.08. The monoisotopic (exact) mass is 412 g/mol. The lowest BCUT2D eigenvalue weighted by Crippen LogP contribution is -3.03. The number of para-hydroxylation sites is 1. The van der Waals surface area contributed by atoms with Crippen molar-refractivity contribution < 1.29 is 10.1 Å². The van der Waals surface area contributed by atoms with Crippen LogP contribution >= 0.6 is 22.7 Å². The van der Waals surface area contributed by atoms with Gasteiger partial charge in [-0.25, -0.2) is 4.98 Å². The fraction of sp³-hybridized carbons (Fsp3) is 0.455. The summed E-state index contributed by atoms with van der Waals surface area (Å²) in [6.07, 6.45) is 3.01. The van der Waals surface area contributed by atoms with E-state index < -0.39 is 0 Å². The van der Waals surface area contributed by atoms with Gasteiger partial charge in [-0.15, -0.1) is 22.7 Å². The molecule has 1 amide bonds. The van der Waals surface area contributed by atoms with Gasteiger partial charge in [-0.05, 0) is 58.2 Å². The van der Waals surface area contributed by atoms with Crippen LogP contribution in [0.5, 0.6) is 0 Å². The second-order valence-corrected chi connectivity index (χ2v) is 11.4. The molecule has 0 unspecified atom stereocenters. The van der Waals surface area contributed by atoms with E-state index >= 15 is 0 Å². The van der Waals surface area contributed by atoms with Gasteiger partial charge in [0.05, 0.1) is 20.6 Å². The lowest BCUT2D eigenvalue weighted by molar-refractivity contribution is -0.789. The molecule has 5 rings (SSSR count). The quantitative estimate of drug-likeness (QED) is 0.665. The molecule has 0 saturated heterocycles. The molecule has 2 aromatic heterocycles. The number of amides is 1. The summed E-state index contributed by atoms with van der Waals surface area (Å²) in [7, 11) is 0. The van der Waals surface area contributed by atoms with E-state index in [4.69, 9.17) is 4.98 Å². The Kier molecular flexibility index (Phi) is 3.99. The smallest absolute Gasteiger partial charge is 0.228 e. The minimum atomic E-state index is -0.0181. The van der Waals surface area contributed by atoms with Crippen LogP contribution in [0.4, 0.5) is 5.00 Å². The van der Waals surface area contributed by atoms with Crippen molar-refractivity contribution in [2.45, 2.75) is 58.0 Å². The standard InChI is InChI=1S/C22H25N3OS2/c1-21(2)11-13-16(19-23-14-7-5-6-8-15(14)27-19)20(24-18(26)12-9-10-12)28-17(13)22(3,4)25-21/h5-8,12,25H,9-11H2,1-4H3,(H,24,26)/p+1. The van der Waals surface area contributed by atoms with Gasteiger partial charge < -0.3 is 10.6 Å². The number of hydrogen-bond acceptors (Lipinski definition) is 4. The molecule has 1 aromatic carbocycles. The number of nitrogens with one attached hydrogen (secondary N) is 1. The minimum absolute atomic E-state index is 0.0181. The van der Waals surface area contributed by atoms with Crippen LogP contribution in [-0.4, -0.2) is 16.4 Å². The molecule has 3 N–H and O–H groups in total. The van der Waals surface area contributed by atoms with E-state index in [0.29, 0.717) is 0 Å². The number of nitrogens with zero attached hydrogens (tertiary/aromatic N) is 1. The van der Waals surface area contributed by atoms with E-state index in [1.807, 2.05) is 6.07 Å². The van der Waals surface area contributed by atoms with Crippen molar-refractivity contribution in [2.24, 2.45) is 5.92 Å². The number of hydrogen-bond donors (Lipinski definition) is 2. The molecule has 2 aliphatic rings. The summed E-state index contributed by atoms with van der Waals surface area (Å²) < 4.78 is 1.19. The van der Waals surface area contributed by atoms with Gasteiger partial charge in [0.25, 0.3) is 0 Å². The van der Waals surface area contributed by atoms with Crippen LogP contribution in [0.3, 0.4) is 0 Å². The number of carbonyl (C=O) groups excluding carboxylic acids is 1. The SMILES string of the molecule is CC1(C)Cc2c(sc(NC(=O)C3CC3)c2-c2nc3ccccc3s2)C(C)(C)[NH2+]1. The second-order valence-electron chi connectivity index (χ2n) is 9.40. The van der Waals surface area contributed by atoms with E-state index in [9.17, 15) is 4.79 Å². The van der Waals surface area contributed by atoms with Crippen molar-refractivity contribution in [3.63, 3.8) is 0 Å². The minimum Gasteiger partial charge on any atom is -0.333 e. The number of rotatable bonds is 3. The van der Waals surface area contributed by atoms with E-state index in [0.717, 1.165) is 40.4 Å². The van der Waals surface area contributed by atoms with Gasteiger partial charge in [-0.3, -0.25) is 4.79 Å². The fourth-order valence-corrected chi connectivity index (χ4v) is 6.96. The highest BCUT2D eigenvalue weighted by Crippen LogP contribution is 2.49. The first-order valence-electron chi connectivity index (χ1n) is 9.93. The first kappa shape index (κ1) is 18.3. The lowest BCUT2D eigenvalue weighted by atomic mass is 9.81. The van der Waals surface area contributed by atoms with Crippen molar-refractivity contribution in [3.05, 3.63) is 34.7 Å². The topological polar surface area (TPSA) is 58.6 Å². The number of thiazole rings is 1. The maximum Gasteiger partial charge on any atom is 0.228 e. The number of anilines is 1. The highest BCUT2D eigenvalue weighted by Gasteiger charge is 2.45. The average molecular weight is 413 g/mol. The molecule has 0 bridgehead atoms. The number of thiophene rings is 1. The van der Waals surface area contributed by atoms with E-state index in [2.05, 4.69) is 56.5 Å². The maximum atomic E-state index is 12.6. The lowest BCUT2D eigenvalue weighted by Gasteiger charge is -2.38. The highest BCUT2D eigenvalue weighted by molar-refractivity contribution is 7.23. The number of fused-ring (bicyclic) bond motifs is 2. The summed E-state index contributed by atoms with van der Waals surface area (Å²) in [6, 6.07) is 8.29. The summed E-state index contributed by atoms with van der Waals surface area (Å²) in [5, 5.41) is 7.75. The molecule has 0 radical (unpaired) electrons. The third-order valence-corrected chi connectivity index (χ3v) is 8.21. The van der Waals surface area contributed by atoms with Gasteiger partial charge in [-0.1, -0.05) is 12.1 Å². The molecule has 6 heteroatoms. The highest BCUT2D eigenvalue weighted by atomic mass is 32.1. The third-order valence-electron chi connectivity index (χ3n) is 5.67. The predicted octanol–water partition coefficient (Wildman–Crippen LogP) is 4.51. The van der Waals surface area contributed by atoms with Gasteiger partial charge in [0.15, 0.2) is 0 Å². The van der Waals surface area contributed by atoms with Gasteiger partial charge in [0.2, 0.25) is 5.91 Å². The molecule has 3 aromatic rings. The fourth-order valence-electron chi connectivity index (χ4n) is 4.56. The van der Waals surface area contributed by atoms with Crippen molar-refractivity contribution in [2.75, 3.05) is 5.32 Å². The Hall–Kier alpha value is -1.76. The molecule has 1 fully saturated rings. The summed E-state index contributed by atoms with van der Waals surface area (Å²) in [5.41, 5.74) is 3.65. The molecule has 1 saturated carbocycles. The molecule has 0 atom stereocenters. The van der Waals surface area contributed by atoms with Crippen LogP contribution in [0.25, 0.3) is 20.8 Å². The Labute approximate surface area is 173 Å². The van der Waals surface area contributed by atoms with Crippen LogP contribution in [0.15, 0.2) is 24.3 Å². The Morgan fingerprint density at radius 1 is 1.18 bits per heavy atom. The Morgan fingerprint density at radius 2 is 1.93 bits per heavy atom. The summed E-state index contributed by atoms with van der Waals surface area (Å²) in [4.78, 5) is 18.9. The number of aromatic nitrogens is 1. The maximum absolute atomic E-state index is 12.6. The zero-order valence-electron chi connectivity index (χ0n) is 16.8. The van der Waals surface area contributed by atoms with Crippen LogP contribution in [0.2, 0.25) is 0 Å². The summed E-state index contributed by atoms with van der Waals surface area (Å²) in [6.45, 7) is 9.19. The molecule has 0 spiro atoms. The van der Waals surface area contributed by atoms with Gasteiger partial charge in [0.1, 0.15) is 15.5 Å². The second kappa shape index (κ2) is 6.12. The number of quaternary nitrogens is 1. The summed E-state index contributed by atoms with van der Waals surface area (Å²) >= 11 is 3.48. The van der Waals surface area contributed by atoms with Crippen molar-refractivity contribution in [1.29, 1.82) is 0 Å². The van der Waals surface area contributed by atoms with Crippen molar-refractivity contribution in [1.82, 2.24) is 4.98 Å². The predicted molar refractivity (Wildman–Crippen MR) is 117 cm³/mol. The Balaban J connectivity index is 1.70. The van der Waals surface area contributed by atoms with Crippen LogP contribution in [0.1, 0.15) is 51.0 Å².